The van der Waals surface area contributed by atoms with Gasteiger partial charge in [0.2, 0.25) is 0 Å². The average Bonchev–Trinajstić information content (AvgIpc) is 2.80. The third kappa shape index (κ3) is 5.77. The lowest BCUT2D eigenvalue weighted by atomic mass is 10.2. The van der Waals surface area contributed by atoms with Crippen LogP contribution in [-0.2, 0) is 17.8 Å². The van der Waals surface area contributed by atoms with Crippen molar-refractivity contribution in [2.75, 3.05) is 52.5 Å². The van der Waals surface area contributed by atoms with Crippen molar-refractivity contribution in [1.82, 2.24) is 10.6 Å². The first-order chi connectivity index (χ1) is 14.2. The van der Waals surface area contributed by atoms with E-state index in [1.807, 2.05) is 18.2 Å². The Morgan fingerprint density at radius 2 is 1.72 bits per heavy atom. The van der Waals surface area contributed by atoms with Crippen LogP contribution in [0.5, 0.6) is 11.5 Å². The Labute approximate surface area is 172 Å². The minimum atomic E-state index is 0.600. The summed E-state index contributed by atoms with van der Waals surface area (Å²) >= 11 is 0. The van der Waals surface area contributed by atoms with Crippen molar-refractivity contribution in [1.29, 1.82) is 0 Å². The number of ether oxygens (including phenoxy) is 3. The molecule has 156 valence electrons. The number of hydrogen-bond donors (Lipinski definition) is 2. The molecule has 3 rings (SSSR count). The zero-order chi connectivity index (χ0) is 20.5. The molecule has 1 saturated heterocycles. The van der Waals surface area contributed by atoms with Crippen LogP contribution in [0.1, 0.15) is 11.1 Å². The molecule has 0 radical (unpaired) electrons. The molecule has 0 atom stereocenters. The lowest BCUT2D eigenvalue weighted by Gasteiger charge is -2.28. The van der Waals surface area contributed by atoms with E-state index in [9.17, 15) is 0 Å². The minimum Gasteiger partial charge on any atom is -0.497 e. The molecule has 0 aromatic heterocycles. The summed E-state index contributed by atoms with van der Waals surface area (Å²) in [5.41, 5.74) is 3.48. The molecule has 2 N–H and O–H groups in total. The number of anilines is 1. The highest BCUT2D eigenvalue weighted by Crippen LogP contribution is 2.24. The molecule has 1 aliphatic heterocycles. The number of aliphatic imine (C=N–C) groups is 1. The van der Waals surface area contributed by atoms with Crippen LogP contribution >= 0.6 is 0 Å². The van der Waals surface area contributed by atoms with E-state index in [0.29, 0.717) is 13.1 Å². The molecule has 2 aromatic rings. The summed E-state index contributed by atoms with van der Waals surface area (Å²) in [6.45, 7) is 4.78. The number of benzene rings is 2. The first-order valence-corrected chi connectivity index (χ1v) is 9.80. The van der Waals surface area contributed by atoms with Crippen molar-refractivity contribution >= 4 is 11.6 Å². The zero-order valence-corrected chi connectivity index (χ0v) is 17.4. The Balaban J connectivity index is 1.51. The number of methoxy groups -OCH3 is 2. The molecule has 0 amide bonds. The first-order valence-electron chi connectivity index (χ1n) is 9.80. The molecule has 0 aliphatic carbocycles. The van der Waals surface area contributed by atoms with E-state index in [0.717, 1.165) is 49.3 Å². The summed E-state index contributed by atoms with van der Waals surface area (Å²) in [6, 6.07) is 14.4. The molecular formula is C22H30N4O3. The Hall–Kier alpha value is -2.93. The minimum absolute atomic E-state index is 0.600. The van der Waals surface area contributed by atoms with E-state index >= 15 is 0 Å². The maximum absolute atomic E-state index is 5.45. The monoisotopic (exact) mass is 398 g/mol. The van der Waals surface area contributed by atoms with E-state index in [4.69, 9.17) is 14.2 Å². The average molecular weight is 399 g/mol. The molecule has 1 heterocycles. The summed E-state index contributed by atoms with van der Waals surface area (Å²) < 4.78 is 16.1. The van der Waals surface area contributed by atoms with Gasteiger partial charge in [-0.1, -0.05) is 12.1 Å². The van der Waals surface area contributed by atoms with Crippen molar-refractivity contribution < 1.29 is 14.2 Å². The molecule has 0 unspecified atom stereocenters. The Morgan fingerprint density at radius 3 is 2.38 bits per heavy atom. The van der Waals surface area contributed by atoms with E-state index < -0.39 is 0 Å². The third-order valence-electron chi connectivity index (χ3n) is 4.94. The van der Waals surface area contributed by atoms with Crippen molar-refractivity contribution in [3.05, 3.63) is 53.6 Å². The van der Waals surface area contributed by atoms with Crippen LogP contribution in [0.4, 0.5) is 5.69 Å². The number of morpholine rings is 1. The van der Waals surface area contributed by atoms with E-state index in [1.165, 1.54) is 11.3 Å². The molecular weight excluding hydrogens is 368 g/mol. The van der Waals surface area contributed by atoms with Crippen LogP contribution in [-0.4, -0.2) is 53.5 Å². The lowest BCUT2D eigenvalue weighted by molar-refractivity contribution is 0.122. The highest BCUT2D eigenvalue weighted by atomic mass is 16.5. The van der Waals surface area contributed by atoms with Crippen LogP contribution in [0.3, 0.4) is 0 Å². The van der Waals surface area contributed by atoms with E-state index in [1.54, 1.807) is 21.3 Å². The second-order valence-corrected chi connectivity index (χ2v) is 6.72. The topological polar surface area (TPSA) is 67.4 Å². The molecule has 2 aromatic carbocycles. The number of rotatable bonds is 7. The van der Waals surface area contributed by atoms with Gasteiger partial charge < -0.3 is 29.7 Å². The van der Waals surface area contributed by atoms with Crippen LogP contribution in [0, 0.1) is 0 Å². The van der Waals surface area contributed by atoms with E-state index in [2.05, 4.69) is 44.8 Å². The van der Waals surface area contributed by atoms with Gasteiger partial charge in [0.1, 0.15) is 11.5 Å². The zero-order valence-electron chi connectivity index (χ0n) is 17.4. The summed E-state index contributed by atoms with van der Waals surface area (Å²) in [6.07, 6.45) is 0. The maximum atomic E-state index is 5.45. The molecule has 29 heavy (non-hydrogen) atoms. The number of nitrogens with zero attached hydrogens (tertiary/aromatic N) is 2. The molecule has 0 bridgehead atoms. The van der Waals surface area contributed by atoms with Crippen LogP contribution in [0.15, 0.2) is 47.5 Å². The highest BCUT2D eigenvalue weighted by Gasteiger charge is 2.11. The smallest absolute Gasteiger partial charge is 0.191 e. The van der Waals surface area contributed by atoms with Crippen molar-refractivity contribution in [3.63, 3.8) is 0 Å². The van der Waals surface area contributed by atoms with Gasteiger partial charge in [-0.15, -0.1) is 0 Å². The number of nitrogens with one attached hydrogen (secondary N) is 2. The second kappa shape index (κ2) is 10.6. The largest absolute Gasteiger partial charge is 0.497 e. The summed E-state index contributed by atoms with van der Waals surface area (Å²) in [7, 11) is 5.07. The fourth-order valence-electron chi connectivity index (χ4n) is 3.23. The van der Waals surface area contributed by atoms with Crippen molar-refractivity contribution in [2.24, 2.45) is 4.99 Å². The van der Waals surface area contributed by atoms with Gasteiger partial charge in [0.05, 0.1) is 27.4 Å². The Bertz CT molecular complexity index is 802. The second-order valence-electron chi connectivity index (χ2n) is 6.72. The standard InChI is InChI=1S/C22H30N4O3/c1-23-22(25-16-18-6-9-20(27-2)14-21(18)28-3)24-15-17-4-7-19(8-5-17)26-10-12-29-13-11-26/h4-9,14H,10-13,15-16H2,1-3H3,(H2,23,24,25). The molecule has 0 spiro atoms. The van der Waals surface area contributed by atoms with Gasteiger partial charge in [-0.25, -0.2) is 0 Å². The predicted octanol–water partition coefficient (Wildman–Crippen LogP) is 2.41. The molecule has 0 saturated carbocycles. The fourth-order valence-corrected chi connectivity index (χ4v) is 3.23. The summed E-state index contributed by atoms with van der Waals surface area (Å²) in [5, 5.41) is 6.68. The first kappa shape index (κ1) is 20.8. The fraction of sp³-hybridized carbons (Fsp3) is 0.409. The van der Waals surface area contributed by atoms with Gasteiger partial charge in [-0.3, -0.25) is 4.99 Å². The molecule has 7 nitrogen and oxygen atoms in total. The van der Waals surface area contributed by atoms with Gasteiger partial charge in [-0.05, 0) is 29.8 Å². The molecule has 7 heteroatoms. The highest BCUT2D eigenvalue weighted by molar-refractivity contribution is 5.79. The van der Waals surface area contributed by atoms with Crippen molar-refractivity contribution in [3.8, 4) is 11.5 Å². The molecule has 1 aliphatic rings. The van der Waals surface area contributed by atoms with Gasteiger partial charge in [0.25, 0.3) is 0 Å². The molecule has 1 fully saturated rings. The normalized spacial score (nSPS) is 14.4. The van der Waals surface area contributed by atoms with Crippen molar-refractivity contribution in [2.45, 2.75) is 13.1 Å². The third-order valence-corrected chi connectivity index (χ3v) is 4.94. The quantitative estimate of drug-likeness (QED) is 0.552. The maximum Gasteiger partial charge on any atom is 0.191 e. The number of hydrogen-bond acceptors (Lipinski definition) is 5. The number of guanidine groups is 1. The Kier molecular flexibility index (Phi) is 7.58. The van der Waals surface area contributed by atoms with Crippen LogP contribution in [0.2, 0.25) is 0 Å². The predicted molar refractivity (Wildman–Crippen MR) is 116 cm³/mol. The van der Waals surface area contributed by atoms with Gasteiger partial charge in [0, 0.05) is 50.5 Å². The Morgan fingerprint density at radius 1 is 1.00 bits per heavy atom. The van der Waals surface area contributed by atoms with Gasteiger partial charge in [0.15, 0.2) is 5.96 Å². The summed E-state index contributed by atoms with van der Waals surface area (Å²) in [4.78, 5) is 6.66. The van der Waals surface area contributed by atoms with Gasteiger partial charge >= 0.3 is 0 Å². The lowest BCUT2D eigenvalue weighted by Crippen LogP contribution is -2.36. The SMILES string of the molecule is CN=C(NCc1ccc(N2CCOCC2)cc1)NCc1ccc(OC)cc1OC. The summed E-state index contributed by atoms with van der Waals surface area (Å²) in [5.74, 6) is 2.29. The van der Waals surface area contributed by atoms with Gasteiger partial charge in [-0.2, -0.15) is 0 Å². The van der Waals surface area contributed by atoms with E-state index in [-0.39, 0.29) is 0 Å². The van der Waals surface area contributed by atoms with Crippen LogP contribution < -0.4 is 25.0 Å². The van der Waals surface area contributed by atoms with Crippen LogP contribution in [0.25, 0.3) is 0 Å².